The molecule has 2 atom stereocenters. The van der Waals surface area contributed by atoms with Gasteiger partial charge in [0, 0.05) is 5.02 Å². The summed E-state index contributed by atoms with van der Waals surface area (Å²) >= 11 is 6.02. The molecule has 6 nitrogen and oxygen atoms in total. The third-order valence-electron chi connectivity index (χ3n) is 4.40. The van der Waals surface area contributed by atoms with Gasteiger partial charge in [-0.2, -0.15) is 0 Å². The van der Waals surface area contributed by atoms with Gasteiger partial charge < -0.3 is 10.1 Å². The van der Waals surface area contributed by atoms with E-state index in [2.05, 4.69) is 33.0 Å². The van der Waals surface area contributed by atoms with Crippen molar-refractivity contribution in [3.8, 4) is 5.75 Å². The van der Waals surface area contributed by atoms with Gasteiger partial charge in [0.2, 0.25) is 5.95 Å². The van der Waals surface area contributed by atoms with Crippen molar-refractivity contribution in [1.29, 1.82) is 0 Å². The molecule has 2 aromatic carbocycles. The lowest BCUT2D eigenvalue weighted by Gasteiger charge is -2.31. The van der Waals surface area contributed by atoms with Crippen LogP contribution < -0.4 is 10.1 Å². The van der Waals surface area contributed by atoms with Crippen molar-refractivity contribution in [2.75, 3.05) is 11.9 Å². The minimum atomic E-state index is 0.0556. The first-order valence-corrected chi connectivity index (χ1v) is 8.65. The second kappa shape index (κ2) is 6.72. The highest BCUT2D eigenvalue weighted by atomic mass is 35.5. The molecule has 2 heterocycles. The van der Waals surface area contributed by atoms with Gasteiger partial charge in [0.25, 0.3) is 0 Å². The minimum absolute atomic E-state index is 0.0556. The Hall–Kier alpha value is -2.60. The number of aromatic nitrogens is 4. The summed E-state index contributed by atoms with van der Waals surface area (Å²) in [5, 5.41) is 16.2. The maximum atomic E-state index is 6.02. The average Bonchev–Trinajstić information content (AvgIpc) is 3.11. The van der Waals surface area contributed by atoms with Gasteiger partial charge in [0.15, 0.2) is 0 Å². The van der Waals surface area contributed by atoms with Gasteiger partial charge in [0.05, 0.1) is 18.7 Å². The van der Waals surface area contributed by atoms with Gasteiger partial charge in [-0.25, -0.2) is 4.68 Å². The quantitative estimate of drug-likeness (QED) is 0.769. The largest absolute Gasteiger partial charge is 0.494 e. The Bertz CT molecular complexity index is 847. The number of fused-ring (bicyclic) bond motifs is 1. The molecule has 0 aliphatic carbocycles. The lowest BCUT2D eigenvalue weighted by molar-refractivity contribution is 0.340. The average molecular weight is 356 g/mol. The van der Waals surface area contributed by atoms with Gasteiger partial charge in [0.1, 0.15) is 5.75 Å². The maximum absolute atomic E-state index is 6.02. The number of hydrogen-bond donors (Lipinski definition) is 1. The van der Waals surface area contributed by atoms with E-state index in [9.17, 15) is 0 Å². The van der Waals surface area contributed by atoms with E-state index >= 15 is 0 Å². The molecule has 0 saturated heterocycles. The van der Waals surface area contributed by atoms with E-state index in [1.165, 1.54) is 5.56 Å². The molecule has 25 heavy (non-hydrogen) atoms. The third kappa shape index (κ3) is 3.17. The zero-order valence-corrected chi connectivity index (χ0v) is 14.5. The molecule has 2 unspecified atom stereocenters. The summed E-state index contributed by atoms with van der Waals surface area (Å²) in [6.45, 7) is 2.64. The van der Waals surface area contributed by atoms with E-state index in [1.54, 1.807) is 0 Å². The summed E-state index contributed by atoms with van der Waals surface area (Å²) < 4.78 is 7.35. The van der Waals surface area contributed by atoms with Gasteiger partial charge >= 0.3 is 0 Å². The fourth-order valence-corrected chi connectivity index (χ4v) is 3.31. The van der Waals surface area contributed by atoms with Crippen LogP contribution in [0.3, 0.4) is 0 Å². The Morgan fingerprint density at radius 1 is 1.12 bits per heavy atom. The lowest BCUT2D eigenvalue weighted by Crippen LogP contribution is -2.28. The monoisotopic (exact) mass is 355 g/mol. The molecule has 0 spiro atoms. The number of nitrogens with zero attached hydrogens (tertiary/aromatic N) is 4. The highest BCUT2D eigenvalue weighted by Crippen LogP contribution is 2.37. The molecule has 1 aromatic heterocycles. The number of benzene rings is 2. The fourth-order valence-electron chi connectivity index (χ4n) is 3.18. The van der Waals surface area contributed by atoms with E-state index in [1.807, 2.05) is 48.0 Å². The molecule has 3 aromatic rings. The van der Waals surface area contributed by atoms with Crippen molar-refractivity contribution in [3.63, 3.8) is 0 Å². The van der Waals surface area contributed by atoms with Crippen LogP contribution in [0.25, 0.3) is 0 Å². The second-order valence-electron chi connectivity index (χ2n) is 5.95. The van der Waals surface area contributed by atoms with Crippen molar-refractivity contribution < 1.29 is 4.74 Å². The van der Waals surface area contributed by atoms with Crippen LogP contribution in [0.5, 0.6) is 5.75 Å². The van der Waals surface area contributed by atoms with E-state index in [4.69, 9.17) is 16.3 Å². The van der Waals surface area contributed by atoms with Crippen LogP contribution in [0.15, 0.2) is 48.5 Å². The number of rotatable bonds is 4. The van der Waals surface area contributed by atoms with Crippen LogP contribution in [0, 0.1) is 0 Å². The fraction of sp³-hybridized carbons (Fsp3) is 0.278. The van der Waals surface area contributed by atoms with Crippen LogP contribution in [-0.2, 0) is 0 Å². The predicted molar refractivity (Wildman–Crippen MR) is 96.0 cm³/mol. The van der Waals surface area contributed by atoms with Crippen molar-refractivity contribution in [1.82, 2.24) is 20.2 Å². The summed E-state index contributed by atoms with van der Waals surface area (Å²) in [5.41, 5.74) is 2.31. The number of ether oxygens (including phenoxy) is 1. The summed E-state index contributed by atoms with van der Waals surface area (Å²) in [7, 11) is 0. The maximum Gasteiger partial charge on any atom is 0.243 e. The van der Waals surface area contributed by atoms with Crippen LogP contribution in [0.2, 0.25) is 5.02 Å². The highest BCUT2D eigenvalue weighted by Gasteiger charge is 2.30. The van der Waals surface area contributed by atoms with Crippen LogP contribution in [0.4, 0.5) is 5.95 Å². The molecule has 0 bridgehead atoms. The first-order valence-electron chi connectivity index (χ1n) is 8.27. The van der Waals surface area contributed by atoms with Gasteiger partial charge in [-0.3, -0.25) is 0 Å². The molecule has 0 fully saturated rings. The highest BCUT2D eigenvalue weighted by molar-refractivity contribution is 6.30. The van der Waals surface area contributed by atoms with Crippen LogP contribution >= 0.6 is 11.6 Å². The summed E-state index contributed by atoms with van der Waals surface area (Å²) in [5.74, 6) is 1.55. The first kappa shape index (κ1) is 15.9. The summed E-state index contributed by atoms with van der Waals surface area (Å²) in [4.78, 5) is 0. The van der Waals surface area contributed by atoms with Crippen molar-refractivity contribution >= 4 is 17.5 Å². The number of hydrogen-bond acceptors (Lipinski definition) is 5. The van der Waals surface area contributed by atoms with Crippen molar-refractivity contribution in [2.45, 2.75) is 25.4 Å². The summed E-state index contributed by atoms with van der Waals surface area (Å²) in [6.07, 6.45) is 0.841. The Labute approximate surface area is 150 Å². The lowest BCUT2D eigenvalue weighted by atomic mass is 9.93. The van der Waals surface area contributed by atoms with Gasteiger partial charge in [-0.05, 0) is 59.2 Å². The number of tetrazole rings is 1. The normalized spacial score (nSPS) is 19.1. The predicted octanol–water partition coefficient (Wildman–Crippen LogP) is 3.87. The molecule has 4 rings (SSSR count). The smallest absolute Gasteiger partial charge is 0.243 e. The number of nitrogens with one attached hydrogen (secondary N) is 1. The Kier molecular flexibility index (Phi) is 4.28. The van der Waals surface area contributed by atoms with Gasteiger partial charge in [-0.15, -0.1) is 0 Å². The molecular formula is C18H18ClN5O. The molecule has 128 valence electrons. The van der Waals surface area contributed by atoms with Crippen LogP contribution in [0.1, 0.15) is 36.6 Å². The zero-order chi connectivity index (χ0) is 17.2. The van der Waals surface area contributed by atoms with E-state index in [0.717, 1.165) is 22.8 Å². The van der Waals surface area contributed by atoms with E-state index in [-0.39, 0.29) is 12.1 Å². The Morgan fingerprint density at radius 2 is 1.84 bits per heavy atom. The molecule has 1 aliphatic rings. The third-order valence-corrected chi connectivity index (χ3v) is 4.65. The molecule has 0 saturated carbocycles. The SMILES string of the molecule is CCOc1ccc(C2CC(c3ccc(Cl)cc3)n3nnnc3N2)cc1. The van der Waals surface area contributed by atoms with Crippen molar-refractivity contribution in [3.05, 3.63) is 64.7 Å². The molecular weight excluding hydrogens is 338 g/mol. The molecule has 1 N–H and O–H groups in total. The number of halogens is 1. The molecule has 0 radical (unpaired) electrons. The van der Waals surface area contributed by atoms with E-state index < -0.39 is 0 Å². The minimum Gasteiger partial charge on any atom is -0.494 e. The molecule has 0 amide bonds. The summed E-state index contributed by atoms with van der Waals surface area (Å²) in [6, 6.07) is 16.2. The van der Waals surface area contributed by atoms with Gasteiger partial charge in [-0.1, -0.05) is 41.0 Å². The topological polar surface area (TPSA) is 64.9 Å². The number of anilines is 1. The first-order chi connectivity index (χ1) is 12.2. The Morgan fingerprint density at radius 3 is 2.56 bits per heavy atom. The van der Waals surface area contributed by atoms with E-state index in [0.29, 0.717) is 12.6 Å². The molecule has 7 heteroatoms. The standard InChI is InChI=1S/C18H18ClN5O/c1-2-25-15-9-5-12(6-10-15)16-11-17(13-3-7-14(19)8-4-13)24-18(20-16)21-22-23-24/h3-10,16-17H,2,11H2,1H3,(H,20,21,23). The second-order valence-corrected chi connectivity index (χ2v) is 6.39. The Balaban J connectivity index is 1.64. The van der Waals surface area contributed by atoms with Crippen molar-refractivity contribution in [2.24, 2.45) is 0 Å². The zero-order valence-electron chi connectivity index (χ0n) is 13.8. The molecule has 1 aliphatic heterocycles. The van der Waals surface area contributed by atoms with Crippen LogP contribution in [-0.4, -0.2) is 26.8 Å².